The molecule has 1 rings (SSSR count). The topological polar surface area (TPSA) is 12.0 Å². The average molecular weight is 269 g/mol. The summed E-state index contributed by atoms with van der Waals surface area (Å²) in [7, 11) is 0. The lowest BCUT2D eigenvalue weighted by atomic mass is 9.94. The third-order valence-corrected chi connectivity index (χ3v) is 3.55. The summed E-state index contributed by atoms with van der Waals surface area (Å²) in [5.74, 6) is -0.341. The number of halogens is 2. The molecule has 0 radical (unpaired) electrons. The predicted octanol–water partition coefficient (Wildman–Crippen LogP) is 4.31. The van der Waals surface area contributed by atoms with Crippen molar-refractivity contribution >= 4 is 0 Å². The van der Waals surface area contributed by atoms with E-state index in [0.717, 1.165) is 31.9 Å². The third kappa shape index (κ3) is 5.68. The van der Waals surface area contributed by atoms with Crippen molar-refractivity contribution in [2.45, 2.75) is 52.5 Å². The fourth-order valence-electron chi connectivity index (χ4n) is 2.19. The molecule has 0 fully saturated rings. The van der Waals surface area contributed by atoms with Crippen molar-refractivity contribution in [1.29, 1.82) is 0 Å². The Bertz CT molecular complexity index is 379. The summed E-state index contributed by atoms with van der Waals surface area (Å²) in [6.07, 6.45) is 3.82. The first-order valence-electron chi connectivity index (χ1n) is 7.24. The molecule has 108 valence electrons. The zero-order chi connectivity index (χ0) is 14.3. The lowest BCUT2D eigenvalue weighted by Crippen LogP contribution is -2.33. The van der Waals surface area contributed by atoms with Crippen LogP contribution in [0.15, 0.2) is 18.2 Å². The van der Waals surface area contributed by atoms with E-state index < -0.39 is 11.6 Å². The third-order valence-electron chi connectivity index (χ3n) is 3.55. The Morgan fingerprint density at radius 3 is 2.53 bits per heavy atom. The highest BCUT2D eigenvalue weighted by Crippen LogP contribution is 2.17. The Morgan fingerprint density at radius 2 is 1.95 bits per heavy atom. The quantitative estimate of drug-likeness (QED) is 0.741. The van der Waals surface area contributed by atoms with Gasteiger partial charge < -0.3 is 5.32 Å². The number of rotatable bonds is 8. The molecule has 0 saturated heterocycles. The molecule has 0 amide bonds. The summed E-state index contributed by atoms with van der Waals surface area (Å²) in [5.41, 5.74) is 0.596. The van der Waals surface area contributed by atoms with Gasteiger partial charge in [0.2, 0.25) is 0 Å². The molecular weight excluding hydrogens is 244 g/mol. The van der Waals surface area contributed by atoms with E-state index in [9.17, 15) is 8.78 Å². The van der Waals surface area contributed by atoms with Crippen molar-refractivity contribution in [3.8, 4) is 0 Å². The van der Waals surface area contributed by atoms with Crippen LogP contribution in [0.3, 0.4) is 0 Å². The molecule has 0 spiro atoms. The van der Waals surface area contributed by atoms with Crippen LogP contribution < -0.4 is 5.32 Å². The van der Waals surface area contributed by atoms with Crippen LogP contribution in [0.5, 0.6) is 0 Å². The van der Waals surface area contributed by atoms with Crippen LogP contribution in [0.25, 0.3) is 0 Å². The molecular formula is C16H25F2N. The zero-order valence-corrected chi connectivity index (χ0v) is 12.2. The maximum absolute atomic E-state index is 13.7. The van der Waals surface area contributed by atoms with Gasteiger partial charge in [0.25, 0.3) is 0 Å². The van der Waals surface area contributed by atoms with Crippen LogP contribution in [-0.2, 0) is 6.42 Å². The molecule has 1 aromatic carbocycles. The fourth-order valence-corrected chi connectivity index (χ4v) is 2.19. The van der Waals surface area contributed by atoms with Gasteiger partial charge in [-0.05, 0) is 43.4 Å². The minimum atomic E-state index is -0.513. The lowest BCUT2D eigenvalue weighted by Gasteiger charge is -2.22. The lowest BCUT2D eigenvalue weighted by molar-refractivity contribution is 0.387. The second kappa shape index (κ2) is 8.26. The first kappa shape index (κ1) is 16.1. The van der Waals surface area contributed by atoms with Crippen LogP contribution in [0.1, 0.15) is 45.6 Å². The van der Waals surface area contributed by atoms with E-state index in [1.807, 2.05) is 0 Å². The molecule has 0 aliphatic heterocycles. The molecule has 2 atom stereocenters. The van der Waals surface area contributed by atoms with Crippen molar-refractivity contribution < 1.29 is 8.78 Å². The first-order chi connectivity index (χ1) is 9.06. The predicted molar refractivity (Wildman–Crippen MR) is 76.2 cm³/mol. The second-order valence-corrected chi connectivity index (χ2v) is 5.34. The molecule has 19 heavy (non-hydrogen) atoms. The monoisotopic (exact) mass is 269 g/mol. The van der Waals surface area contributed by atoms with Crippen molar-refractivity contribution in [3.63, 3.8) is 0 Å². The van der Waals surface area contributed by atoms with Crippen LogP contribution in [0.2, 0.25) is 0 Å². The van der Waals surface area contributed by atoms with Gasteiger partial charge >= 0.3 is 0 Å². The van der Waals surface area contributed by atoms with Gasteiger partial charge in [0.05, 0.1) is 0 Å². The number of hydrogen-bond acceptors (Lipinski definition) is 1. The Balaban J connectivity index is 2.69. The highest BCUT2D eigenvalue weighted by atomic mass is 19.1. The van der Waals surface area contributed by atoms with Gasteiger partial charge in [0, 0.05) is 12.1 Å². The SMILES string of the molecule is CCCNC(Cc1ccc(F)cc1F)CC(C)CC. The maximum atomic E-state index is 13.7. The number of benzene rings is 1. The highest BCUT2D eigenvalue weighted by molar-refractivity contribution is 5.19. The smallest absolute Gasteiger partial charge is 0.129 e. The molecule has 1 N–H and O–H groups in total. The summed E-state index contributed by atoms with van der Waals surface area (Å²) in [6, 6.07) is 4.12. The molecule has 1 aromatic rings. The number of nitrogens with one attached hydrogen (secondary N) is 1. The van der Waals surface area contributed by atoms with E-state index in [-0.39, 0.29) is 6.04 Å². The van der Waals surface area contributed by atoms with Crippen molar-refractivity contribution in [1.82, 2.24) is 5.32 Å². The van der Waals surface area contributed by atoms with Crippen LogP contribution >= 0.6 is 0 Å². The summed E-state index contributed by atoms with van der Waals surface area (Å²) in [6.45, 7) is 7.43. The van der Waals surface area contributed by atoms with E-state index in [1.54, 1.807) is 6.07 Å². The maximum Gasteiger partial charge on any atom is 0.129 e. The van der Waals surface area contributed by atoms with E-state index in [4.69, 9.17) is 0 Å². The highest BCUT2D eigenvalue weighted by Gasteiger charge is 2.14. The fraction of sp³-hybridized carbons (Fsp3) is 0.625. The van der Waals surface area contributed by atoms with Crippen molar-refractivity contribution in [2.75, 3.05) is 6.54 Å². The summed E-state index contributed by atoms with van der Waals surface area (Å²) in [5, 5.41) is 3.46. The molecule has 3 heteroatoms. The standard InChI is InChI=1S/C16H25F2N/c1-4-8-19-15(9-12(3)5-2)10-13-6-7-14(17)11-16(13)18/h6-7,11-12,15,19H,4-5,8-10H2,1-3H3. The Labute approximate surface area is 115 Å². The molecule has 0 aliphatic carbocycles. The zero-order valence-electron chi connectivity index (χ0n) is 12.2. The summed E-state index contributed by atoms with van der Waals surface area (Å²) < 4.78 is 26.6. The largest absolute Gasteiger partial charge is 0.314 e. The Kier molecular flexibility index (Phi) is 7.00. The minimum Gasteiger partial charge on any atom is -0.314 e. The molecule has 0 aromatic heterocycles. The van der Waals surface area contributed by atoms with Gasteiger partial charge in [-0.15, -0.1) is 0 Å². The van der Waals surface area contributed by atoms with Gasteiger partial charge in [-0.1, -0.05) is 33.3 Å². The van der Waals surface area contributed by atoms with Gasteiger partial charge in [-0.2, -0.15) is 0 Å². The van der Waals surface area contributed by atoms with E-state index >= 15 is 0 Å². The number of hydrogen-bond donors (Lipinski definition) is 1. The van der Waals surface area contributed by atoms with Crippen molar-refractivity contribution in [2.24, 2.45) is 5.92 Å². The van der Waals surface area contributed by atoms with E-state index in [0.29, 0.717) is 17.9 Å². The summed E-state index contributed by atoms with van der Waals surface area (Å²) in [4.78, 5) is 0. The Hall–Kier alpha value is -0.960. The van der Waals surface area contributed by atoms with Gasteiger partial charge in [0.1, 0.15) is 11.6 Å². The van der Waals surface area contributed by atoms with Gasteiger partial charge in [0.15, 0.2) is 0 Å². The Morgan fingerprint density at radius 1 is 1.21 bits per heavy atom. The molecule has 2 unspecified atom stereocenters. The molecule has 0 heterocycles. The average Bonchev–Trinajstić information content (AvgIpc) is 2.38. The van der Waals surface area contributed by atoms with Crippen molar-refractivity contribution in [3.05, 3.63) is 35.4 Å². The van der Waals surface area contributed by atoms with Gasteiger partial charge in [-0.3, -0.25) is 0 Å². The van der Waals surface area contributed by atoms with E-state index in [1.165, 1.54) is 6.07 Å². The van der Waals surface area contributed by atoms with Crippen LogP contribution in [0.4, 0.5) is 8.78 Å². The molecule has 0 saturated carbocycles. The molecule has 1 nitrogen and oxygen atoms in total. The first-order valence-corrected chi connectivity index (χ1v) is 7.24. The second-order valence-electron chi connectivity index (χ2n) is 5.34. The van der Waals surface area contributed by atoms with Crippen LogP contribution in [0, 0.1) is 17.6 Å². The van der Waals surface area contributed by atoms with Crippen LogP contribution in [-0.4, -0.2) is 12.6 Å². The van der Waals surface area contributed by atoms with Gasteiger partial charge in [-0.25, -0.2) is 8.78 Å². The minimum absolute atomic E-state index is 0.259. The summed E-state index contributed by atoms with van der Waals surface area (Å²) >= 11 is 0. The molecule has 0 aliphatic rings. The normalized spacial score (nSPS) is 14.4. The molecule has 0 bridgehead atoms. The van der Waals surface area contributed by atoms with E-state index in [2.05, 4.69) is 26.1 Å².